The van der Waals surface area contributed by atoms with Gasteiger partial charge in [0.1, 0.15) is 17.3 Å². The second-order valence-electron chi connectivity index (χ2n) is 5.20. The molecule has 0 radical (unpaired) electrons. The Kier molecular flexibility index (Phi) is 5.59. The van der Waals surface area contributed by atoms with Crippen molar-refractivity contribution in [1.29, 1.82) is 0 Å². The fourth-order valence-electron chi connectivity index (χ4n) is 2.36. The molecule has 0 amide bonds. The standard InChI is InChI=1S/C17H21BrFNO/c1-4-8-20-15(5-2)17-7-6-16(21-17)12-10-14(19)13(18)9-11(12)3/h6-7,9-10,15,20H,4-5,8H2,1-3H3. The summed E-state index contributed by atoms with van der Waals surface area (Å²) in [5.41, 5.74) is 1.78. The van der Waals surface area contributed by atoms with Crippen LogP contribution < -0.4 is 5.32 Å². The molecule has 0 bridgehead atoms. The van der Waals surface area contributed by atoms with Gasteiger partial charge in [0, 0.05) is 5.56 Å². The van der Waals surface area contributed by atoms with E-state index in [2.05, 4.69) is 35.1 Å². The first kappa shape index (κ1) is 16.2. The lowest BCUT2D eigenvalue weighted by atomic mass is 10.1. The molecule has 1 aromatic carbocycles. The van der Waals surface area contributed by atoms with Crippen LogP contribution in [0.2, 0.25) is 0 Å². The van der Waals surface area contributed by atoms with Crippen LogP contribution in [0.5, 0.6) is 0 Å². The summed E-state index contributed by atoms with van der Waals surface area (Å²) >= 11 is 3.21. The van der Waals surface area contributed by atoms with E-state index in [1.807, 2.05) is 19.1 Å². The van der Waals surface area contributed by atoms with Crippen LogP contribution in [-0.2, 0) is 0 Å². The Morgan fingerprint density at radius 2 is 2.05 bits per heavy atom. The first-order valence-corrected chi connectivity index (χ1v) is 8.15. The second kappa shape index (κ2) is 7.23. The number of aryl methyl sites for hydroxylation is 1. The fourth-order valence-corrected chi connectivity index (χ4v) is 2.82. The maximum Gasteiger partial charge on any atom is 0.138 e. The highest BCUT2D eigenvalue weighted by atomic mass is 79.9. The molecule has 0 aliphatic carbocycles. The second-order valence-corrected chi connectivity index (χ2v) is 6.05. The Labute approximate surface area is 133 Å². The highest BCUT2D eigenvalue weighted by Gasteiger charge is 2.15. The van der Waals surface area contributed by atoms with E-state index in [0.717, 1.165) is 36.3 Å². The number of nitrogens with one attached hydrogen (secondary N) is 1. The molecule has 2 rings (SSSR count). The Morgan fingerprint density at radius 3 is 2.71 bits per heavy atom. The highest BCUT2D eigenvalue weighted by molar-refractivity contribution is 9.10. The topological polar surface area (TPSA) is 25.2 Å². The number of hydrogen-bond acceptors (Lipinski definition) is 2. The zero-order chi connectivity index (χ0) is 15.4. The van der Waals surface area contributed by atoms with Gasteiger partial charge in [-0.1, -0.05) is 13.8 Å². The van der Waals surface area contributed by atoms with Crippen molar-refractivity contribution in [3.63, 3.8) is 0 Å². The molecule has 21 heavy (non-hydrogen) atoms. The number of furan rings is 1. The van der Waals surface area contributed by atoms with Gasteiger partial charge in [0.2, 0.25) is 0 Å². The third-order valence-corrected chi connectivity index (χ3v) is 4.16. The van der Waals surface area contributed by atoms with E-state index >= 15 is 0 Å². The maximum atomic E-state index is 13.7. The van der Waals surface area contributed by atoms with Crippen LogP contribution in [0.4, 0.5) is 4.39 Å². The van der Waals surface area contributed by atoms with Gasteiger partial charge in [0.25, 0.3) is 0 Å². The van der Waals surface area contributed by atoms with E-state index in [0.29, 0.717) is 10.2 Å². The van der Waals surface area contributed by atoms with Gasteiger partial charge in [-0.3, -0.25) is 0 Å². The summed E-state index contributed by atoms with van der Waals surface area (Å²) < 4.78 is 20.2. The van der Waals surface area contributed by atoms with Crippen molar-refractivity contribution in [3.05, 3.63) is 45.9 Å². The summed E-state index contributed by atoms with van der Waals surface area (Å²) in [4.78, 5) is 0. The lowest BCUT2D eigenvalue weighted by Gasteiger charge is -2.13. The molecule has 2 nitrogen and oxygen atoms in total. The summed E-state index contributed by atoms with van der Waals surface area (Å²) in [5.74, 6) is 1.35. The van der Waals surface area contributed by atoms with E-state index in [-0.39, 0.29) is 11.9 Å². The number of hydrogen-bond donors (Lipinski definition) is 1. The molecule has 1 heterocycles. The third-order valence-electron chi connectivity index (χ3n) is 3.55. The van der Waals surface area contributed by atoms with Crippen molar-refractivity contribution >= 4 is 15.9 Å². The Balaban J connectivity index is 2.29. The molecular weight excluding hydrogens is 333 g/mol. The van der Waals surface area contributed by atoms with Gasteiger partial charge in [-0.05, 0) is 72.1 Å². The van der Waals surface area contributed by atoms with Crippen LogP contribution in [0.3, 0.4) is 0 Å². The molecule has 1 unspecified atom stereocenters. The quantitative estimate of drug-likeness (QED) is 0.730. The first-order chi connectivity index (χ1) is 10.1. The van der Waals surface area contributed by atoms with Gasteiger partial charge in [-0.25, -0.2) is 4.39 Å². The maximum absolute atomic E-state index is 13.7. The lowest BCUT2D eigenvalue weighted by molar-refractivity contribution is 0.410. The smallest absolute Gasteiger partial charge is 0.138 e. The van der Waals surface area contributed by atoms with Gasteiger partial charge in [0.15, 0.2) is 0 Å². The van der Waals surface area contributed by atoms with Crippen LogP contribution in [0.25, 0.3) is 11.3 Å². The van der Waals surface area contributed by atoms with Crippen LogP contribution >= 0.6 is 15.9 Å². The summed E-state index contributed by atoms with van der Waals surface area (Å²) in [6, 6.07) is 7.40. The van der Waals surface area contributed by atoms with Crippen molar-refractivity contribution in [2.24, 2.45) is 0 Å². The molecule has 1 N–H and O–H groups in total. The molecule has 0 saturated heterocycles. The van der Waals surface area contributed by atoms with Crippen molar-refractivity contribution in [2.45, 2.75) is 39.7 Å². The van der Waals surface area contributed by atoms with Gasteiger partial charge in [-0.2, -0.15) is 0 Å². The minimum Gasteiger partial charge on any atom is -0.459 e. The molecule has 1 atom stereocenters. The van der Waals surface area contributed by atoms with Gasteiger partial charge in [0.05, 0.1) is 10.5 Å². The van der Waals surface area contributed by atoms with E-state index in [1.165, 1.54) is 6.07 Å². The van der Waals surface area contributed by atoms with Crippen molar-refractivity contribution in [2.75, 3.05) is 6.54 Å². The molecule has 1 aromatic heterocycles. The van der Waals surface area contributed by atoms with Crippen molar-refractivity contribution < 1.29 is 8.81 Å². The zero-order valence-electron chi connectivity index (χ0n) is 12.7. The molecule has 0 fully saturated rings. The van der Waals surface area contributed by atoms with Gasteiger partial charge >= 0.3 is 0 Å². The van der Waals surface area contributed by atoms with Crippen molar-refractivity contribution in [1.82, 2.24) is 5.32 Å². The predicted molar refractivity (Wildman–Crippen MR) is 87.9 cm³/mol. The van der Waals surface area contributed by atoms with E-state index in [9.17, 15) is 4.39 Å². The summed E-state index contributed by atoms with van der Waals surface area (Å²) in [6.45, 7) is 7.18. The van der Waals surface area contributed by atoms with Crippen LogP contribution in [-0.4, -0.2) is 6.54 Å². The molecule has 114 valence electrons. The molecule has 0 aliphatic rings. The average Bonchev–Trinajstić information content (AvgIpc) is 2.93. The molecule has 0 saturated carbocycles. The molecule has 2 aromatic rings. The Bertz CT molecular complexity index is 609. The highest BCUT2D eigenvalue weighted by Crippen LogP contribution is 2.31. The predicted octanol–water partition coefficient (Wildman–Crippen LogP) is 5.61. The van der Waals surface area contributed by atoms with Crippen LogP contribution in [0, 0.1) is 12.7 Å². The normalized spacial score (nSPS) is 12.6. The van der Waals surface area contributed by atoms with E-state index in [4.69, 9.17) is 4.42 Å². The number of rotatable bonds is 6. The largest absolute Gasteiger partial charge is 0.459 e. The van der Waals surface area contributed by atoms with Crippen LogP contribution in [0.15, 0.2) is 33.2 Å². The minimum absolute atomic E-state index is 0.208. The van der Waals surface area contributed by atoms with Crippen molar-refractivity contribution in [3.8, 4) is 11.3 Å². The molecule has 0 aliphatic heterocycles. The van der Waals surface area contributed by atoms with E-state index in [1.54, 1.807) is 6.07 Å². The summed E-state index contributed by atoms with van der Waals surface area (Å²) in [7, 11) is 0. The van der Waals surface area contributed by atoms with Gasteiger partial charge in [-0.15, -0.1) is 0 Å². The lowest BCUT2D eigenvalue weighted by Crippen LogP contribution is -2.20. The zero-order valence-corrected chi connectivity index (χ0v) is 14.3. The first-order valence-electron chi connectivity index (χ1n) is 7.35. The third kappa shape index (κ3) is 3.74. The summed E-state index contributed by atoms with van der Waals surface area (Å²) in [5, 5.41) is 3.46. The number of halogens is 2. The monoisotopic (exact) mass is 353 g/mol. The van der Waals surface area contributed by atoms with E-state index < -0.39 is 0 Å². The van der Waals surface area contributed by atoms with Crippen LogP contribution in [0.1, 0.15) is 44.1 Å². The SMILES string of the molecule is CCCNC(CC)c1ccc(-c2cc(F)c(Br)cc2C)o1. The molecule has 0 spiro atoms. The molecule has 4 heteroatoms. The minimum atomic E-state index is -0.273. The fraction of sp³-hybridized carbons (Fsp3) is 0.412. The molecular formula is C17H21BrFNO. The Morgan fingerprint density at radius 1 is 1.29 bits per heavy atom. The van der Waals surface area contributed by atoms with Gasteiger partial charge < -0.3 is 9.73 Å². The Hall–Kier alpha value is -1.13. The average molecular weight is 354 g/mol. The number of benzene rings is 1. The summed E-state index contributed by atoms with van der Waals surface area (Å²) in [6.07, 6.45) is 2.04.